The molecule has 84 valence electrons. The summed E-state index contributed by atoms with van der Waals surface area (Å²) in [6.07, 6.45) is -7.93. The van der Waals surface area contributed by atoms with Crippen LogP contribution in [0.15, 0.2) is 16.6 Å². The molecular formula is C8H3BrF6. The van der Waals surface area contributed by atoms with Crippen molar-refractivity contribution in [3.8, 4) is 0 Å². The van der Waals surface area contributed by atoms with Crippen molar-refractivity contribution in [3.05, 3.63) is 33.5 Å². The first-order valence-corrected chi connectivity index (χ1v) is 4.37. The standard InChI is InChI=1S/C8H3BrF6/c9-4-1-3(7(11)12)2-5(10)6(4)8(13,14)15/h1-2,7H. The zero-order valence-electron chi connectivity index (χ0n) is 6.88. The Morgan fingerprint density at radius 2 is 1.67 bits per heavy atom. The predicted molar refractivity (Wildman–Crippen MR) is 44.1 cm³/mol. The molecule has 0 amide bonds. The third-order valence-electron chi connectivity index (χ3n) is 1.60. The molecule has 7 heteroatoms. The van der Waals surface area contributed by atoms with E-state index >= 15 is 0 Å². The van der Waals surface area contributed by atoms with Gasteiger partial charge in [0.2, 0.25) is 0 Å². The van der Waals surface area contributed by atoms with Crippen molar-refractivity contribution in [3.63, 3.8) is 0 Å². The highest BCUT2D eigenvalue weighted by molar-refractivity contribution is 9.10. The van der Waals surface area contributed by atoms with Crippen molar-refractivity contribution in [1.82, 2.24) is 0 Å². The fourth-order valence-electron chi connectivity index (χ4n) is 0.990. The summed E-state index contributed by atoms with van der Waals surface area (Å²) in [7, 11) is 0. The van der Waals surface area contributed by atoms with Crippen LogP contribution in [0.4, 0.5) is 26.3 Å². The quantitative estimate of drug-likeness (QED) is 0.667. The van der Waals surface area contributed by atoms with Gasteiger partial charge in [-0.15, -0.1) is 0 Å². The lowest BCUT2D eigenvalue weighted by atomic mass is 10.1. The summed E-state index contributed by atoms with van der Waals surface area (Å²) in [5, 5.41) is 0. The smallest absolute Gasteiger partial charge is 0.206 e. The van der Waals surface area contributed by atoms with Crippen LogP contribution in [0.25, 0.3) is 0 Å². The average Bonchev–Trinajstić information content (AvgIpc) is 1.99. The van der Waals surface area contributed by atoms with E-state index in [4.69, 9.17) is 0 Å². The van der Waals surface area contributed by atoms with Crippen molar-refractivity contribution in [2.24, 2.45) is 0 Å². The molecule has 0 atom stereocenters. The minimum atomic E-state index is -4.91. The fraction of sp³-hybridized carbons (Fsp3) is 0.250. The molecule has 0 heterocycles. The molecule has 0 fully saturated rings. The van der Waals surface area contributed by atoms with E-state index in [9.17, 15) is 26.3 Å². The molecule has 0 radical (unpaired) electrons. The van der Waals surface area contributed by atoms with Crippen LogP contribution in [-0.2, 0) is 6.18 Å². The van der Waals surface area contributed by atoms with Gasteiger partial charge in [0.05, 0.1) is 0 Å². The number of alkyl halides is 5. The molecule has 1 aromatic rings. The third-order valence-corrected chi connectivity index (χ3v) is 2.23. The van der Waals surface area contributed by atoms with E-state index < -0.39 is 34.0 Å². The Labute approximate surface area is 89.0 Å². The lowest BCUT2D eigenvalue weighted by Gasteiger charge is -2.11. The molecule has 1 aromatic carbocycles. The zero-order valence-corrected chi connectivity index (χ0v) is 8.46. The molecule has 0 saturated carbocycles. The van der Waals surface area contributed by atoms with Crippen LogP contribution in [0.3, 0.4) is 0 Å². The van der Waals surface area contributed by atoms with Gasteiger partial charge in [0.1, 0.15) is 11.4 Å². The maximum atomic E-state index is 12.9. The summed E-state index contributed by atoms with van der Waals surface area (Å²) >= 11 is 2.41. The number of benzene rings is 1. The predicted octanol–water partition coefficient (Wildman–Crippen LogP) is 4.54. The first-order chi connectivity index (χ1) is 6.73. The van der Waals surface area contributed by atoms with Crippen LogP contribution in [0.2, 0.25) is 0 Å². The van der Waals surface area contributed by atoms with E-state index in [1.165, 1.54) is 0 Å². The molecule has 0 spiro atoms. The lowest BCUT2D eigenvalue weighted by molar-refractivity contribution is -0.140. The molecule has 0 aromatic heterocycles. The van der Waals surface area contributed by atoms with Gasteiger partial charge in [0.25, 0.3) is 6.43 Å². The van der Waals surface area contributed by atoms with Crippen molar-refractivity contribution in [2.45, 2.75) is 12.6 Å². The second-order valence-corrected chi connectivity index (χ2v) is 3.51. The van der Waals surface area contributed by atoms with E-state index in [-0.39, 0.29) is 6.07 Å². The summed E-state index contributed by atoms with van der Waals surface area (Å²) in [6.45, 7) is 0. The molecule has 0 N–H and O–H groups in total. The highest BCUT2D eigenvalue weighted by atomic mass is 79.9. The Morgan fingerprint density at radius 3 is 2.00 bits per heavy atom. The zero-order chi connectivity index (χ0) is 11.8. The number of hydrogen-bond donors (Lipinski definition) is 0. The Kier molecular flexibility index (Phi) is 3.32. The van der Waals surface area contributed by atoms with Gasteiger partial charge in [0.15, 0.2) is 0 Å². The Bertz CT molecular complexity index is 347. The highest BCUT2D eigenvalue weighted by Crippen LogP contribution is 2.38. The molecule has 0 aliphatic rings. The first kappa shape index (κ1) is 12.4. The van der Waals surface area contributed by atoms with Crippen LogP contribution in [0.1, 0.15) is 17.6 Å². The van der Waals surface area contributed by atoms with Gasteiger partial charge in [-0.1, -0.05) is 15.9 Å². The van der Waals surface area contributed by atoms with Crippen LogP contribution < -0.4 is 0 Å². The second kappa shape index (κ2) is 4.03. The number of rotatable bonds is 1. The molecule has 0 aliphatic carbocycles. The van der Waals surface area contributed by atoms with Gasteiger partial charge in [-0.3, -0.25) is 0 Å². The van der Waals surface area contributed by atoms with Crippen LogP contribution in [-0.4, -0.2) is 0 Å². The Hall–Kier alpha value is -0.720. The fourth-order valence-corrected chi connectivity index (χ4v) is 1.67. The Balaban J connectivity index is 3.34. The lowest BCUT2D eigenvalue weighted by Crippen LogP contribution is -2.10. The molecule has 0 bridgehead atoms. The van der Waals surface area contributed by atoms with E-state index in [0.29, 0.717) is 6.07 Å². The molecular weight excluding hydrogens is 290 g/mol. The second-order valence-electron chi connectivity index (χ2n) is 2.66. The van der Waals surface area contributed by atoms with Crippen molar-refractivity contribution in [2.75, 3.05) is 0 Å². The van der Waals surface area contributed by atoms with Gasteiger partial charge in [-0.25, -0.2) is 13.2 Å². The van der Waals surface area contributed by atoms with Gasteiger partial charge >= 0.3 is 6.18 Å². The molecule has 0 unspecified atom stereocenters. The maximum absolute atomic E-state index is 12.9. The molecule has 1 rings (SSSR count). The van der Waals surface area contributed by atoms with E-state index in [2.05, 4.69) is 15.9 Å². The highest BCUT2D eigenvalue weighted by Gasteiger charge is 2.37. The SMILES string of the molecule is Fc1cc(C(F)F)cc(Br)c1C(F)(F)F. The largest absolute Gasteiger partial charge is 0.420 e. The van der Waals surface area contributed by atoms with Crippen molar-refractivity contribution < 1.29 is 26.3 Å². The molecule has 0 saturated heterocycles. The van der Waals surface area contributed by atoms with E-state index in [1.54, 1.807) is 0 Å². The van der Waals surface area contributed by atoms with Gasteiger partial charge < -0.3 is 0 Å². The number of halogens is 7. The van der Waals surface area contributed by atoms with Gasteiger partial charge in [-0.05, 0) is 12.1 Å². The van der Waals surface area contributed by atoms with Crippen LogP contribution >= 0.6 is 15.9 Å². The summed E-state index contributed by atoms with van der Waals surface area (Å²) in [5.41, 5.74) is -2.38. The number of hydrogen-bond acceptors (Lipinski definition) is 0. The maximum Gasteiger partial charge on any atom is 0.420 e. The summed E-state index contributed by atoms with van der Waals surface area (Å²) in [5.74, 6) is -1.72. The molecule has 0 nitrogen and oxygen atoms in total. The molecule has 15 heavy (non-hydrogen) atoms. The normalized spacial score (nSPS) is 12.3. The third kappa shape index (κ3) is 2.64. The molecule has 0 aliphatic heterocycles. The summed E-state index contributed by atoms with van der Waals surface area (Å²) < 4.78 is 72.9. The van der Waals surface area contributed by atoms with Gasteiger partial charge in [0, 0.05) is 10.0 Å². The first-order valence-electron chi connectivity index (χ1n) is 3.57. The van der Waals surface area contributed by atoms with E-state index in [0.717, 1.165) is 0 Å². The van der Waals surface area contributed by atoms with Gasteiger partial charge in [-0.2, -0.15) is 13.2 Å². The van der Waals surface area contributed by atoms with Crippen LogP contribution in [0.5, 0.6) is 0 Å². The topological polar surface area (TPSA) is 0 Å². The van der Waals surface area contributed by atoms with Crippen LogP contribution in [0, 0.1) is 5.82 Å². The van der Waals surface area contributed by atoms with E-state index in [1.807, 2.05) is 0 Å². The minimum Gasteiger partial charge on any atom is -0.206 e. The minimum absolute atomic E-state index is 0.179. The van der Waals surface area contributed by atoms with Crippen molar-refractivity contribution in [1.29, 1.82) is 0 Å². The summed E-state index contributed by atoms with van der Waals surface area (Å²) in [4.78, 5) is 0. The monoisotopic (exact) mass is 292 g/mol. The Morgan fingerprint density at radius 1 is 1.13 bits per heavy atom. The summed E-state index contributed by atoms with van der Waals surface area (Å²) in [6, 6.07) is 0.731. The van der Waals surface area contributed by atoms with Crippen molar-refractivity contribution >= 4 is 15.9 Å². The average molecular weight is 293 g/mol.